The summed E-state index contributed by atoms with van der Waals surface area (Å²) in [6.45, 7) is 3.85. The molecule has 2 rings (SSSR count). The van der Waals surface area contributed by atoms with Gasteiger partial charge in [0.2, 0.25) is 11.8 Å². The number of amides is 1. The average molecular weight is 293 g/mol. The Morgan fingerprint density at radius 3 is 2.90 bits per heavy atom. The normalized spacial score (nSPS) is 10.8. The molecule has 0 aliphatic carbocycles. The summed E-state index contributed by atoms with van der Waals surface area (Å²) in [6, 6.07) is 6.83. The number of carbonyl (C=O) groups is 1. The molecule has 0 atom stereocenters. The molecule has 0 bridgehead atoms. The molecular weight excluding hydrogens is 278 g/mol. The number of anilines is 1. The molecular formula is C13H15N3O3S. The largest absolute Gasteiger partial charge is 0.508 e. The van der Waals surface area contributed by atoms with Crippen molar-refractivity contribution in [1.29, 1.82) is 0 Å². The lowest BCUT2D eigenvalue weighted by molar-refractivity contribution is -0.113. The van der Waals surface area contributed by atoms with Gasteiger partial charge in [-0.2, -0.15) is 0 Å². The van der Waals surface area contributed by atoms with Crippen molar-refractivity contribution in [3.63, 3.8) is 0 Å². The van der Waals surface area contributed by atoms with E-state index in [9.17, 15) is 9.90 Å². The molecule has 1 aromatic carbocycles. The molecule has 1 amide bonds. The maximum absolute atomic E-state index is 11.7. The zero-order chi connectivity index (χ0) is 14.5. The van der Waals surface area contributed by atoms with Gasteiger partial charge in [-0.1, -0.05) is 25.0 Å². The third kappa shape index (κ3) is 3.99. The van der Waals surface area contributed by atoms with E-state index in [1.54, 1.807) is 18.2 Å². The Morgan fingerprint density at radius 1 is 1.45 bits per heavy atom. The molecule has 106 valence electrons. The molecule has 0 aliphatic rings. The predicted octanol–water partition coefficient (Wildman–Crippen LogP) is 2.63. The Bertz CT molecular complexity index is 598. The summed E-state index contributed by atoms with van der Waals surface area (Å²) in [5.41, 5.74) is 0. The number of hydrogen-bond donors (Lipinski definition) is 2. The van der Waals surface area contributed by atoms with Gasteiger partial charge in [0.05, 0.1) is 5.75 Å². The highest BCUT2D eigenvalue weighted by atomic mass is 32.2. The number of nitrogens with one attached hydrogen (secondary N) is 1. The number of aromatic nitrogens is 2. The quantitative estimate of drug-likeness (QED) is 0.824. The summed E-state index contributed by atoms with van der Waals surface area (Å²) in [7, 11) is 0. The molecule has 0 fully saturated rings. The van der Waals surface area contributed by atoms with Crippen LogP contribution in [0.2, 0.25) is 0 Å². The van der Waals surface area contributed by atoms with Crippen LogP contribution >= 0.6 is 11.8 Å². The standard InChI is InChI=1S/C13H15N3O3S/c1-8(2)12-15-16-13(19-12)14-11(18)7-20-10-5-3-4-9(17)6-10/h3-6,8,17H,7H2,1-2H3,(H,14,16,18). The predicted molar refractivity (Wildman–Crippen MR) is 75.8 cm³/mol. The van der Waals surface area contributed by atoms with Gasteiger partial charge >= 0.3 is 6.01 Å². The zero-order valence-corrected chi connectivity index (χ0v) is 12.0. The molecule has 6 nitrogen and oxygen atoms in total. The summed E-state index contributed by atoms with van der Waals surface area (Å²) >= 11 is 1.31. The second-order valence-corrected chi connectivity index (χ2v) is 5.48. The van der Waals surface area contributed by atoms with Crippen LogP contribution in [-0.2, 0) is 4.79 Å². The molecule has 1 aromatic heterocycles. The van der Waals surface area contributed by atoms with Crippen molar-refractivity contribution < 1.29 is 14.3 Å². The number of aromatic hydroxyl groups is 1. The Morgan fingerprint density at radius 2 is 2.25 bits per heavy atom. The zero-order valence-electron chi connectivity index (χ0n) is 11.2. The summed E-state index contributed by atoms with van der Waals surface area (Å²) < 4.78 is 5.28. The summed E-state index contributed by atoms with van der Waals surface area (Å²) in [4.78, 5) is 12.5. The minimum Gasteiger partial charge on any atom is -0.508 e. The smallest absolute Gasteiger partial charge is 0.322 e. The second kappa shape index (κ2) is 6.42. The fraction of sp³-hybridized carbons (Fsp3) is 0.308. The van der Waals surface area contributed by atoms with Gasteiger partial charge < -0.3 is 9.52 Å². The third-order valence-corrected chi connectivity index (χ3v) is 3.36. The van der Waals surface area contributed by atoms with Crippen LogP contribution in [0.3, 0.4) is 0 Å². The lowest BCUT2D eigenvalue weighted by Gasteiger charge is -2.02. The molecule has 0 spiro atoms. The van der Waals surface area contributed by atoms with Crippen molar-refractivity contribution >= 4 is 23.7 Å². The second-order valence-electron chi connectivity index (χ2n) is 4.43. The highest BCUT2D eigenvalue weighted by Crippen LogP contribution is 2.22. The highest BCUT2D eigenvalue weighted by Gasteiger charge is 2.12. The molecule has 2 aromatic rings. The molecule has 7 heteroatoms. The van der Waals surface area contributed by atoms with Gasteiger partial charge in [-0.3, -0.25) is 10.1 Å². The first-order chi connectivity index (χ1) is 9.54. The van der Waals surface area contributed by atoms with E-state index in [1.807, 2.05) is 19.9 Å². The Kier molecular flexibility index (Phi) is 4.62. The lowest BCUT2D eigenvalue weighted by atomic mass is 10.2. The Balaban J connectivity index is 1.86. The number of benzene rings is 1. The van der Waals surface area contributed by atoms with Crippen molar-refractivity contribution in [1.82, 2.24) is 10.2 Å². The number of phenols is 1. The van der Waals surface area contributed by atoms with E-state index in [1.165, 1.54) is 11.8 Å². The van der Waals surface area contributed by atoms with Crippen LogP contribution in [0, 0.1) is 0 Å². The van der Waals surface area contributed by atoms with E-state index in [0.717, 1.165) is 4.90 Å². The van der Waals surface area contributed by atoms with E-state index in [0.29, 0.717) is 5.89 Å². The van der Waals surface area contributed by atoms with Crippen molar-refractivity contribution in [3.05, 3.63) is 30.2 Å². The number of rotatable bonds is 5. The van der Waals surface area contributed by atoms with Crippen LogP contribution in [0.1, 0.15) is 25.7 Å². The fourth-order valence-electron chi connectivity index (χ4n) is 1.40. The van der Waals surface area contributed by atoms with Gasteiger partial charge in [0.15, 0.2) is 0 Å². The molecule has 0 saturated carbocycles. The number of hydrogen-bond acceptors (Lipinski definition) is 6. The van der Waals surface area contributed by atoms with Gasteiger partial charge in [0.1, 0.15) is 5.75 Å². The van der Waals surface area contributed by atoms with Crippen molar-refractivity contribution in [3.8, 4) is 5.75 Å². The van der Waals surface area contributed by atoms with Gasteiger partial charge in [-0.15, -0.1) is 16.9 Å². The topological polar surface area (TPSA) is 88.2 Å². The maximum atomic E-state index is 11.7. The van der Waals surface area contributed by atoms with E-state index in [-0.39, 0.29) is 29.3 Å². The number of nitrogens with zero attached hydrogens (tertiary/aromatic N) is 2. The van der Waals surface area contributed by atoms with Crippen molar-refractivity contribution in [2.75, 3.05) is 11.1 Å². The fourth-order valence-corrected chi connectivity index (χ4v) is 2.14. The van der Waals surface area contributed by atoms with Gasteiger partial charge in [-0.05, 0) is 18.2 Å². The van der Waals surface area contributed by atoms with Gasteiger partial charge in [0.25, 0.3) is 0 Å². The van der Waals surface area contributed by atoms with Crippen molar-refractivity contribution in [2.45, 2.75) is 24.7 Å². The molecule has 1 heterocycles. The molecule has 0 unspecified atom stereocenters. The molecule has 2 N–H and O–H groups in total. The summed E-state index contributed by atoms with van der Waals surface area (Å²) in [5, 5.41) is 19.4. The van der Waals surface area contributed by atoms with E-state index < -0.39 is 0 Å². The monoisotopic (exact) mass is 293 g/mol. The number of carbonyl (C=O) groups excluding carboxylic acids is 1. The van der Waals surface area contributed by atoms with Crippen LogP contribution in [0.5, 0.6) is 5.75 Å². The first kappa shape index (κ1) is 14.4. The summed E-state index contributed by atoms with van der Waals surface area (Å²) in [5.74, 6) is 0.741. The average Bonchev–Trinajstić information content (AvgIpc) is 2.85. The van der Waals surface area contributed by atoms with Crippen molar-refractivity contribution in [2.24, 2.45) is 0 Å². The van der Waals surface area contributed by atoms with Crippen LogP contribution in [-0.4, -0.2) is 27.0 Å². The molecule has 0 aliphatic heterocycles. The first-order valence-corrected chi connectivity index (χ1v) is 7.08. The van der Waals surface area contributed by atoms with Gasteiger partial charge in [-0.25, -0.2) is 0 Å². The van der Waals surface area contributed by atoms with Crippen LogP contribution in [0.15, 0.2) is 33.6 Å². The molecule has 20 heavy (non-hydrogen) atoms. The maximum Gasteiger partial charge on any atom is 0.322 e. The van der Waals surface area contributed by atoms with Gasteiger partial charge in [0, 0.05) is 10.8 Å². The minimum atomic E-state index is -0.239. The molecule has 0 radical (unpaired) electrons. The SMILES string of the molecule is CC(C)c1nnc(NC(=O)CSc2cccc(O)c2)o1. The van der Waals surface area contributed by atoms with Crippen LogP contribution < -0.4 is 5.32 Å². The number of thioether (sulfide) groups is 1. The number of phenolic OH excluding ortho intramolecular Hbond substituents is 1. The van der Waals surface area contributed by atoms with Crippen LogP contribution in [0.4, 0.5) is 6.01 Å². The minimum absolute atomic E-state index is 0.107. The highest BCUT2D eigenvalue weighted by molar-refractivity contribution is 8.00. The molecule has 0 saturated heterocycles. The lowest BCUT2D eigenvalue weighted by Crippen LogP contribution is -2.14. The first-order valence-electron chi connectivity index (χ1n) is 6.09. The van der Waals surface area contributed by atoms with E-state index >= 15 is 0 Å². The Hall–Kier alpha value is -2.02. The van der Waals surface area contributed by atoms with Crippen LogP contribution in [0.25, 0.3) is 0 Å². The summed E-state index contributed by atoms with van der Waals surface area (Å²) in [6.07, 6.45) is 0. The van der Waals surface area contributed by atoms with E-state index in [2.05, 4.69) is 15.5 Å². The van der Waals surface area contributed by atoms with E-state index in [4.69, 9.17) is 4.42 Å². The Labute approximate surface area is 120 Å². The third-order valence-electron chi connectivity index (χ3n) is 2.37.